The molecule has 2 fully saturated rings. The molecule has 1 aliphatic carbocycles. The van der Waals surface area contributed by atoms with Gasteiger partial charge in [0.2, 0.25) is 10.0 Å². The molecule has 1 aliphatic heterocycles. The molecule has 2 aliphatic rings. The monoisotopic (exact) mass is 276 g/mol. The zero-order valence-corrected chi connectivity index (χ0v) is 13.5. The van der Waals surface area contributed by atoms with Crippen LogP contribution in [0, 0.1) is 0 Å². The van der Waals surface area contributed by atoms with Crippen LogP contribution in [0.3, 0.4) is 0 Å². The summed E-state index contributed by atoms with van der Waals surface area (Å²) in [7, 11) is -3.02. The average Bonchev–Trinajstić information content (AvgIpc) is 2.98. The lowest BCUT2D eigenvalue weighted by Crippen LogP contribution is -2.61. The van der Waals surface area contributed by atoms with Crippen molar-refractivity contribution in [1.82, 2.24) is 9.21 Å². The van der Waals surface area contributed by atoms with Crippen LogP contribution in [-0.2, 0) is 10.0 Å². The molecule has 4 nitrogen and oxygen atoms in total. The number of rotatable bonds is 1. The first-order valence-corrected chi connectivity index (χ1v) is 8.73. The molecular formula is C13H28N2O2S. The maximum absolute atomic E-state index is 11.6. The van der Waals surface area contributed by atoms with Crippen LogP contribution in [0.15, 0.2) is 0 Å². The van der Waals surface area contributed by atoms with E-state index in [1.807, 2.05) is 13.8 Å². The number of hydrogen-bond donors (Lipinski definition) is 0. The Bertz CT molecular complexity index is 380. The van der Waals surface area contributed by atoms with Crippen molar-refractivity contribution in [2.24, 2.45) is 0 Å². The maximum atomic E-state index is 11.6. The van der Waals surface area contributed by atoms with Gasteiger partial charge in [-0.25, -0.2) is 8.42 Å². The lowest BCUT2D eigenvalue weighted by molar-refractivity contribution is 0.0210. The van der Waals surface area contributed by atoms with Crippen LogP contribution in [0.25, 0.3) is 0 Å². The highest BCUT2D eigenvalue weighted by atomic mass is 32.2. The fourth-order valence-electron chi connectivity index (χ4n) is 2.84. The van der Waals surface area contributed by atoms with Crippen LogP contribution in [0.2, 0.25) is 0 Å². The van der Waals surface area contributed by atoms with Gasteiger partial charge in [0.15, 0.2) is 0 Å². The highest BCUT2D eigenvalue weighted by Gasteiger charge is 2.55. The van der Waals surface area contributed by atoms with E-state index in [9.17, 15) is 8.42 Å². The van der Waals surface area contributed by atoms with E-state index in [1.165, 1.54) is 6.26 Å². The lowest BCUT2D eigenvalue weighted by atomic mass is 9.99. The van der Waals surface area contributed by atoms with Gasteiger partial charge in [-0.15, -0.1) is 0 Å². The maximum Gasteiger partial charge on any atom is 0.211 e. The van der Waals surface area contributed by atoms with Gasteiger partial charge >= 0.3 is 0 Å². The van der Waals surface area contributed by atoms with Crippen molar-refractivity contribution in [2.45, 2.75) is 58.5 Å². The molecule has 18 heavy (non-hydrogen) atoms. The van der Waals surface area contributed by atoms with Crippen molar-refractivity contribution in [2.75, 3.05) is 25.9 Å². The number of piperazine rings is 1. The Morgan fingerprint density at radius 2 is 1.56 bits per heavy atom. The van der Waals surface area contributed by atoms with E-state index in [1.54, 1.807) is 4.31 Å². The minimum atomic E-state index is -3.02. The third-order valence-corrected chi connectivity index (χ3v) is 4.97. The molecule has 0 unspecified atom stereocenters. The third-order valence-electron chi connectivity index (χ3n) is 3.72. The van der Waals surface area contributed by atoms with Gasteiger partial charge in [0.25, 0.3) is 0 Å². The molecule has 5 heteroatoms. The largest absolute Gasteiger partial charge is 0.290 e. The first-order valence-electron chi connectivity index (χ1n) is 6.88. The van der Waals surface area contributed by atoms with Gasteiger partial charge in [0.05, 0.1) is 6.26 Å². The van der Waals surface area contributed by atoms with Gasteiger partial charge in [0, 0.05) is 30.7 Å². The SMILES string of the molecule is CC.CC(C)(C)N1CCN(S(C)(=O)=O)CC12CC2. The molecular weight excluding hydrogens is 248 g/mol. The Labute approximate surface area is 112 Å². The van der Waals surface area contributed by atoms with Crippen LogP contribution < -0.4 is 0 Å². The van der Waals surface area contributed by atoms with Crippen LogP contribution in [0.4, 0.5) is 0 Å². The van der Waals surface area contributed by atoms with Gasteiger partial charge in [-0.05, 0) is 33.6 Å². The Morgan fingerprint density at radius 1 is 1.06 bits per heavy atom. The van der Waals surface area contributed by atoms with Gasteiger partial charge < -0.3 is 0 Å². The summed E-state index contributed by atoms with van der Waals surface area (Å²) in [6.45, 7) is 12.8. The molecule has 0 amide bonds. The minimum absolute atomic E-state index is 0.138. The zero-order chi connectivity index (χ0) is 14.2. The Morgan fingerprint density at radius 3 is 1.89 bits per heavy atom. The minimum Gasteiger partial charge on any atom is -0.290 e. The van der Waals surface area contributed by atoms with Crippen molar-refractivity contribution in [3.8, 4) is 0 Å². The van der Waals surface area contributed by atoms with Crippen molar-refractivity contribution >= 4 is 10.0 Å². The molecule has 1 spiro atoms. The lowest BCUT2D eigenvalue weighted by Gasteiger charge is -2.48. The van der Waals surface area contributed by atoms with Crippen molar-refractivity contribution in [1.29, 1.82) is 0 Å². The van der Waals surface area contributed by atoms with Crippen molar-refractivity contribution in [3.63, 3.8) is 0 Å². The smallest absolute Gasteiger partial charge is 0.211 e. The number of sulfonamides is 1. The molecule has 0 atom stereocenters. The molecule has 108 valence electrons. The van der Waals surface area contributed by atoms with E-state index in [4.69, 9.17) is 0 Å². The number of nitrogens with zero attached hydrogens (tertiary/aromatic N) is 2. The van der Waals surface area contributed by atoms with Crippen LogP contribution in [0.5, 0.6) is 0 Å². The molecule has 0 radical (unpaired) electrons. The Balaban J connectivity index is 0.000000771. The molecule has 1 heterocycles. The van der Waals surface area contributed by atoms with Crippen LogP contribution >= 0.6 is 0 Å². The van der Waals surface area contributed by atoms with Crippen molar-refractivity contribution < 1.29 is 8.42 Å². The van der Waals surface area contributed by atoms with Crippen LogP contribution in [0.1, 0.15) is 47.5 Å². The number of hydrogen-bond acceptors (Lipinski definition) is 3. The van der Waals surface area contributed by atoms with E-state index in [0.717, 1.165) is 19.4 Å². The summed E-state index contributed by atoms with van der Waals surface area (Å²) in [4.78, 5) is 2.49. The van der Waals surface area contributed by atoms with E-state index in [-0.39, 0.29) is 11.1 Å². The highest BCUT2D eigenvalue weighted by Crippen LogP contribution is 2.47. The first-order chi connectivity index (χ1) is 8.15. The molecule has 0 N–H and O–H groups in total. The Kier molecular flexibility index (Phi) is 4.51. The summed E-state index contributed by atoms with van der Waals surface area (Å²) in [5.74, 6) is 0. The van der Waals surface area contributed by atoms with E-state index >= 15 is 0 Å². The summed E-state index contributed by atoms with van der Waals surface area (Å²) < 4.78 is 24.8. The second-order valence-electron chi connectivity index (χ2n) is 6.14. The topological polar surface area (TPSA) is 40.6 Å². The fourth-order valence-corrected chi connectivity index (χ4v) is 3.73. The molecule has 2 rings (SSSR count). The second-order valence-corrected chi connectivity index (χ2v) is 8.13. The molecule has 1 saturated heterocycles. The molecule has 0 aromatic rings. The summed E-state index contributed by atoms with van der Waals surface area (Å²) in [6, 6.07) is 0. The Hall–Kier alpha value is -0.130. The predicted molar refractivity (Wildman–Crippen MR) is 76.2 cm³/mol. The van der Waals surface area contributed by atoms with Crippen LogP contribution in [-0.4, -0.2) is 54.6 Å². The predicted octanol–water partition coefficient (Wildman–Crippen LogP) is 1.92. The second kappa shape index (κ2) is 5.10. The molecule has 0 aromatic carbocycles. The summed E-state index contributed by atoms with van der Waals surface area (Å²) in [6.07, 6.45) is 3.59. The normalized spacial score (nSPS) is 24.6. The summed E-state index contributed by atoms with van der Waals surface area (Å²) in [5, 5.41) is 0. The van der Waals surface area contributed by atoms with E-state index < -0.39 is 10.0 Å². The average molecular weight is 276 g/mol. The van der Waals surface area contributed by atoms with Gasteiger partial charge in [-0.1, -0.05) is 13.8 Å². The third kappa shape index (κ3) is 3.25. The van der Waals surface area contributed by atoms with Gasteiger partial charge in [0.1, 0.15) is 0 Å². The molecule has 0 aromatic heterocycles. The zero-order valence-electron chi connectivity index (χ0n) is 12.7. The van der Waals surface area contributed by atoms with E-state index in [2.05, 4.69) is 25.7 Å². The van der Waals surface area contributed by atoms with E-state index in [0.29, 0.717) is 13.1 Å². The molecule has 0 bridgehead atoms. The quantitative estimate of drug-likeness (QED) is 0.734. The first kappa shape index (κ1) is 15.9. The van der Waals surface area contributed by atoms with Gasteiger partial charge in [-0.3, -0.25) is 4.90 Å². The summed E-state index contributed by atoms with van der Waals surface area (Å²) >= 11 is 0. The fraction of sp³-hybridized carbons (Fsp3) is 1.00. The van der Waals surface area contributed by atoms with Gasteiger partial charge in [-0.2, -0.15) is 4.31 Å². The molecule has 1 saturated carbocycles. The van der Waals surface area contributed by atoms with Crippen molar-refractivity contribution in [3.05, 3.63) is 0 Å². The highest BCUT2D eigenvalue weighted by molar-refractivity contribution is 7.88. The summed E-state index contributed by atoms with van der Waals surface area (Å²) in [5.41, 5.74) is 0.277. The standard InChI is InChI=1S/C11H22N2O2S.C2H6/c1-10(2,3)13-8-7-12(16(4,14)15)9-11(13)5-6-11;1-2/h5-9H2,1-4H3;1-2H3.